The van der Waals surface area contributed by atoms with Gasteiger partial charge in [-0.3, -0.25) is 9.59 Å². The second-order valence-electron chi connectivity index (χ2n) is 14.2. The van der Waals surface area contributed by atoms with Crippen LogP contribution in [0.4, 0.5) is 0 Å². The second-order valence-corrected chi connectivity index (χ2v) is 15.6. The van der Waals surface area contributed by atoms with Crippen LogP contribution in [0.2, 0.25) is 5.02 Å². The number of carbonyl (C=O) groups is 2. The maximum Gasteiger partial charge on any atom is 0.315 e. The number of carbonyl (C=O) groups excluding carboxylic acids is 2. The average Bonchev–Trinajstić information content (AvgIpc) is 3.72. The van der Waals surface area contributed by atoms with Crippen molar-refractivity contribution in [2.45, 2.75) is 46.3 Å². The van der Waals surface area contributed by atoms with Crippen molar-refractivity contribution in [2.75, 3.05) is 0 Å². The van der Waals surface area contributed by atoms with Crippen molar-refractivity contribution in [1.82, 2.24) is 0 Å². The van der Waals surface area contributed by atoms with E-state index >= 15 is 0 Å². The molecule has 1 aliphatic rings. The first-order valence-electron chi connectivity index (χ1n) is 18.1. The molecule has 0 radical (unpaired) electrons. The van der Waals surface area contributed by atoms with Gasteiger partial charge < -0.3 is 18.9 Å². The Kier molecular flexibility index (Phi) is 14.6. The van der Waals surface area contributed by atoms with Gasteiger partial charge in [-0.2, -0.15) is 5.26 Å². The Bertz CT molecular complexity index is 2150. The lowest BCUT2D eigenvalue weighted by molar-refractivity contribution is -0.150. The molecule has 0 heterocycles. The van der Waals surface area contributed by atoms with Gasteiger partial charge in [0.2, 0.25) is 6.10 Å². The molecular formula is C46H42Cl3NO6. The number of allylic oxidation sites excluding steroid dienone is 1. The number of nitrogens with zero attached hydrogens (tertiary/aromatic N) is 1. The topological polar surface area (TPSA) is 94.9 Å². The Labute approximate surface area is 343 Å². The lowest BCUT2D eigenvalue weighted by Gasteiger charge is -2.22. The predicted molar refractivity (Wildman–Crippen MR) is 220 cm³/mol. The summed E-state index contributed by atoms with van der Waals surface area (Å²) in [7, 11) is 0. The van der Waals surface area contributed by atoms with E-state index in [1.54, 1.807) is 42.5 Å². The lowest BCUT2D eigenvalue weighted by atomic mass is 9.88. The Morgan fingerprint density at radius 3 is 1.86 bits per heavy atom. The van der Waals surface area contributed by atoms with Crippen molar-refractivity contribution >= 4 is 46.7 Å². The van der Waals surface area contributed by atoms with Crippen molar-refractivity contribution in [2.24, 2.45) is 23.2 Å². The number of para-hydroxylation sites is 2. The van der Waals surface area contributed by atoms with E-state index in [0.29, 0.717) is 27.8 Å². The van der Waals surface area contributed by atoms with Crippen LogP contribution < -0.4 is 9.47 Å². The summed E-state index contributed by atoms with van der Waals surface area (Å²) in [5.74, 6) is 1.30. The normalized spacial score (nSPS) is 16.1. The van der Waals surface area contributed by atoms with Crippen LogP contribution in [0, 0.1) is 34.5 Å². The predicted octanol–water partition coefficient (Wildman–Crippen LogP) is 12.8. The molecule has 0 amide bonds. The zero-order chi connectivity index (χ0) is 40.2. The largest absolute Gasteiger partial charge is 0.461 e. The summed E-state index contributed by atoms with van der Waals surface area (Å²) in [6, 6.07) is 42.6. The van der Waals surface area contributed by atoms with Crippen molar-refractivity contribution in [3.63, 3.8) is 0 Å². The highest BCUT2D eigenvalue weighted by Gasteiger charge is 2.61. The molecule has 5 aromatic carbocycles. The summed E-state index contributed by atoms with van der Waals surface area (Å²) < 4.78 is 22.9. The van der Waals surface area contributed by atoms with Gasteiger partial charge in [-0.1, -0.05) is 135 Å². The first-order chi connectivity index (χ1) is 26.8. The van der Waals surface area contributed by atoms with Crippen LogP contribution >= 0.6 is 34.8 Å². The number of halogens is 3. The van der Waals surface area contributed by atoms with Crippen LogP contribution in [0.5, 0.6) is 23.0 Å². The van der Waals surface area contributed by atoms with E-state index in [1.807, 2.05) is 125 Å². The third-order valence-electron chi connectivity index (χ3n) is 9.37. The van der Waals surface area contributed by atoms with Crippen molar-refractivity contribution in [1.29, 1.82) is 5.26 Å². The molecule has 1 fully saturated rings. The molecule has 0 bridgehead atoms. The van der Waals surface area contributed by atoms with Crippen molar-refractivity contribution < 1.29 is 28.5 Å². The van der Waals surface area contributed by atoms with Crippen LogP contribution in [0.25, 0.3) is 0 Å². The van der Waals surface area contributed by atoms with Gasteiger partial charge in [0.1, 0.15) is 40.2 Å². The van der Waals surface area contributed by atoms with Gasteiger partial charge in [-0.25, -0.2) is 0 Å². The number of nitriles is 1. The highest BCUT2D eigenvalue weighted by molar-refractivity contribution is 6.55. The molecule has 56 heavy (non-hydrogen) atoms. The minimum absolute atomic E-state index is 0.00717. The van der Waals surface area contributed by atoms with Crippen LogP contribution in [-0.2, 0) is 25.7 Å². The molecule has 0 aromatic heterocycles. The Morgan fingerprint density at radius 1 is 0.750 bits per heavy atom. The second kappa shape index (κ2) is 19.6. The molecule has 4 atom stereocenters. The van der Waals surface area contributed by atoms with E-state index in [9.17, 15) is 14.9 Å². The molecule has 7 nitrogen and oxygen atoms in total. The zero-order valence-electron chi connectivity index (χ0n) is 31.4. The fourth-order valence-electron chi connectivity index (χ4n) is 6.33. The van der Waals surface area contributed by atoms with E-state index in [2.05, 4.69) is 6.07 Å². The number of ether oxygens (including phenoxy) is 4. The smallest absolute Gasteiger partial charge is 0.315 e. The van der Waals surface area contributed by atoms with E-state index in [4.69, 9.17) is 53.8 Å². The van der Waals surface area contributed by atoms with Crippen molar-refractivity contribution in [3.8, 4) is 29.1 Å². The van der Waals surface area contributed by atoms with Crippen LogP contribution in [0.3, 0.4) is 0 Å². The summed E-state index contributed by atoms with van der Waals surface area (Å²) in [5.41, 5.74) is 2.03. The quantitative estimate of drug-likeness (QED) is 0.109. The molecule has 288 valence electrons. The Balaban J connectivity index is 0.000000216. The van der Waals surface area contributed by atoms with Crippen molar-refractivity contribution in [3.05, 3.63) is 166 Å². The van der Waals surface area contributed by atoms with Gasteiger partial charge in [0.05, 0.1) is 11.8 Å². The molecule has 0 N–H and O–H groups in total. The van der Waals surface area contributed by atoms with Crippen LogP contribution in [0.15, 0.2) is 144 Å². The highest BCUT2D eigenvalue weighted by Crippen LogP contribution is 2.60. The molecular weight excluding hydrogens is 769 g/mol. The standard InChI is InChI=1S/C25H22ClNO3.C21H20Cl2O3/c1-17(2)24(18-11-13-20(26)14-12-18)25(28)30-23(16-27)19-7-6-10-22(15-19)29-21-8-4-3-5-9-21;1-21(2)17(12-18(22)23)19(21)20(24)25-13-14-7-6-10-16(11-14)26-15-8-4-3-5-9-15/h3-15,17,23-24H,1-2H3;3-12,17,19H,13H2,1-2H3. The van der Waals surface area contributed by atoms with Crippen LogP contribution in [-0.4, -0.2) is 11.9 Å². The number of hydrogen-bond acceptors (Lipinski definition) is 7. The third kappa shape index (κ3) is 11.6. The Morgan fingerprint density at radius 2 is 1.30 bits per heavy atom. The number of rotatable bonds is 13. The summed E-state index contributed by atoms with van der Waals surface area (Å²) in [6.07, 6.45) is 0.675. The minimum Gasteiger partial charge on any atom is -0.461 e. The van der Waals surface area contributed by atoms with Gasteiger partial charge in [0.25, 0.3) is 0 Å². The van der Waals surface area contributed by atoms with Gasteiger partial charge in [-0.15, -0.1) is 0 Å². The fourth-order valence-corrected chi connectivity index (χ4v) is 6.73. The summed E-state index contributed by atoms with van der Waals surface area (Å²) in [4.78, 5) is 25.3. The average molecular weight is 811 g/mol. The molecule has 1 aliphatic carbocycles. The van der Waals surface area contributed by atoms with Gasteiger partial charge in [0.15, 0.2) is 0 Å². The molecule has 10 heteroatoms. The molecule has 0 spiro atoms. The zero-order valence-corrected chi connectivity index (χ0v) is 33.7. The van der Waals surface area contributed by atoms with E-state index in [-0.39, 0.29) is 40.2 Å². The molecule has 1 saturated carbocycles. The molecule has 0 saturated heterocycles. The first kappa shape index (κ1) is 41.9. The number of hydrogen-bond donors (Lipinski definition) is 0. The Hall–Kier alpha value is -5.26. The highest BCUT2D eigenvalue weighted by atomic mass is 35.5. The number of benzene rings is 5. The first-order valence-corrected chi connectivity index (χ1v) is 19.2. The van der Waals surface area contributed by atoms with Gasteiger partial charge >= 0.3 is 11.9 Å². The summed E-state index contributed by atoms with van der Waals surface area (Å²) in [6.45, 7) is 8.09. The van der Waals surface area contributed by atoms with E-state index in [0.717, 1.165) is 16.9 Å². The lowest BCUT2D eigenvalue weighted by Crippen LogP contribution is -2.22. The van der Waals surface area contributed by atoms with Gasteiger partial charge in [-0.05, 0) is 95.1 Å². The van der Waals surface area contributed by atoms with E-state index in [1.165, 1.54) is 0 Å². The third-order valence-corrected chi connectivity index (χ3v) is 9.87. The minimum atomic E-state index is -1.04. The molecule has 6 rings (SSSR count). The maximum atomic E-state index is 13.0. The fraction of sp³-hybridized carbons (Fsp3) is 0.239. The maximum absolute atomic E-state index is 13.0. The molecule has 5 aromatic rings. The van der Waals surface area contributed by atoms with Gasteiger partial charge in [0, 0.05) is 10.6 Å². The molecule has 0 aliphatic heterocycles. The monoisotopic (exact) mass is 809 g/mol. The van der Waals surface area contributed by atoms with E-state index < -0.39 is 18.0 Å². The van der Waals surface area contributed by atoms with Crippen LogP contribution in [0.1, 0.15) is 56.4 Å². The molecule has 4 unspecified atom stereocenters. The SMILES string of the molecule is CC(C)C(C(=O)OC(C#N)c1cccc(Oc2ccccc2)c1)c1ccc(Cl)cc1.CC1(C)C(C=C(Cl)Cl)C1C(=O)OCc1cccc(Oc2ccccc2)c1. The summed E-state index contributed by atoms with van der Waals surface area (Å²) in [5, 5.41) is 10.2. The summed E-state index contributed by atoms with van der Waals surface area (Å²) >= 11 is 17.4. The number of esters is 2.